The molecule has 2 fully saturated rings. The molecular formula is C17H25F3N4O3S. The Bertz CT molecular complexity index is 763. The molecule has 0 unspecified atom stereocenters. The number of pyridine rings is 1. The molecule has 158 valence electrons. The fourth-order valence-electron chi connectivity index (χ4n) is 3.58. The van der Waals surface area contributed by atoms with Crippen LogP contribution in [0, 0.1) is 0 Å². The van der Waals surface area contributed by atoms with Crippen molar-refractivity contribution in [2.75, 3.05) is 44.2 Å². The highest BCUT2D eigenvalue weighted by Gasteiger charge is 2.36. The number of rotatable bonds is 3. The van der Waals surface area contributed by atoms with E-state index in [0.717, 1.165) is 12.3 Å². The summed E-state index contributed by atoms with van der Waals surface area (Å²) >= 11 is 0. The topological polar surface area (TPSA) is 66.0 Å². The van der Waals surface area contributed by atoms with Crippen LogP contribution < -0.4 is 4.90 Å². The van der Waals surface area contributed by atoms with Gasteiger partial charge in [0, 0.05) is 45.5 Å². The van der Waals surface area contributed by atoms with Crippen molar-refractivity contribution in [1.29, 1.82) is 0 Å². The van der Waals surface area contributed by atoms with Gasteiger partial charge in [0.25, 0.3) is 10.2 Å². The van der Waals surface area contributed by atoms with E-state index in [2.05, 4.69) is 4.98 Å². The number of anilines is 1. The van der Waals surface area contributed by atoms with Crippen molar-refractivity contribution < 1.29 is 26.3 Å². The van der Waals surface area contributed by atoms with Crippen molar-refractivity contribution in [2.45, 2.75) is 38.7 Å². The maximum Gasteiger partial charge on any atom is 0.417 e. The van der Waals surface area contributed by atoms with E-state index in [0.29, 0.717) is 45.0 Å². The molecule has 2 aliphatic heterocycles. The van der Waals surface area contributed by atoms with E-state index in [1.54, 1.807) is 0 Å². The van der Waals surface area contributed by atoms with E-state index in [-0.39, 0.29) is 18.8 Å². The molecule has 0 aromatic carbocycles. The second-order valence-electron chi connectivity index (χ2n) is 7.22. The zero-order valence-corrected chi connectivity index (χ0v) is 16.7. The summed E-state index contributed by atoms with van der Waals surface area (Å²) in [5.41, 5.74) is -0.800. The zero-order chi connectivity index (χ0) is 20.5. The Morgan fingerprint density at radius 1 is 1.04 bits per heavy atom. The molecule has 3 rings (SSSR count). The summed E-state index contributed by atoms with van der Waals surface area (Å²) in [5, 5.41) is 0. The SMILES string of the molecule is C[C@H]1CN(S(=O)(=O)N2CCCN(c3ccc(C(F)(F)F)cn3)CC2)C[C@H](C)O1. The van der Waals surface area contributed by atoms with Gasteiger partial charge in [-0.25, -0.2) is 4.98 Å². The smallest absolute Gasteiger partial charge is 0.373 e. The van der Waals surface area contributed by atoms with Gasteiger partial charge in [-0.2, -0.15) is 30.2 Å². The quantitative estimate of drug-likeness (QED) is 0.745. The molecule has 28 heavy (non-hydrogen) atoms. The second-order valence-corrected chi connectivity index (χ2v) is 9.15. The molecule has 11 heteroatoms. The molecule has 1 aromatic rings. The van der Waals surface area contributed by atoms with Crippen LogP contribution in [0.25, 0.3) is 0 Å². The van der Waals surface area contributed by atoms with Gasteiger partial charge in [-0.05, 0) is 32.4 Å². The van der Waals surface area contributed by atoms with Crippen LogP contribution in [0.5, 0.6) is 0 Å². The number of ether oxygens (including phenoxy) is 1. The van der Waals surface area contributed by atoms with Crippen molar-refractivity contribution in [3.05, 3.63) is 23.9 Å². The van der Waals surface area contributed by atoms with Gasteiger partial charge >= 0.3 is 6.18 Å². The molecule has 3 heterocycles. The first-order chi connectivity index (χ1) is 13.1. The van der Waals surface area contributed by atoms with Gasteiger partial charge in [0.1, 0.15) is 5.82 Å². The maximum absolute atomic E-state index is 13.0. The molecule has 2 atom stereocenters. The average molecular weight is 422 g/mol. The Hall–Kier alpha value is -1.43. The molecule has 2 saturated heterocycles. The number of alkyl halides is 3. The Labute approximate surface area is 163 Å². The molecular weight excluding hydrogens is 397 g/mol. The fourth-order valence-corrected chi connectivity index (χ4v) is 5.37. The number of hydrogen-bond donors (Lipinski definition) is 0. The molecule has 0 N–H and O–H groups in total. The number of nitrogens with zero attached hydrogens (tertiary/aromatic N) is 4. The van der Waals surface area contributed by atoms with E-state index < -0.39 is 21.9 Å². The standard InChI is InChI=1S/C17H25F3N4O3S/c1-13-11-24(12-14(2)27-13)28(25,26)23-7-3-6-22(8-9-23)16-5-4-15(10-21-16)17(18,19)20/h4-5,10,13-14H,3,6-9,11-12H2,1-2H3/t13-,14-/m0/s1. The number of halogens is 3. The van der Waals surface area contributed by atoms with Crippen molar-refractivity contribution in [3.63, 3.8) is 0 Å². The van der Waals surface area contributed by atoms with Gasteiger partial charge in [0.05, 0.1) is 17.8 Å². The van der Waals surface area contributed by atoms with E-state index in [4.69, 9.17) is 4.74 Å². The summed E-state index contributed by atoms with van der Waals surface area (Å²) < 4.78 is 72.7. The molecule has 0 bridgehead atoms. The van der Waals surface area contributed by atoms with E-state index in [1.807, 2.05) is 18.7 Å². The highest BCUT2D eigenvalue weighted by atomic mass is 32.2. The van der Waals surface area contributed by atoms with Crippen LogP contribution in [0.2, 0.25) is 0 Å². The van der Waals surface area contributed by atoms with Crippen molar-refractivity contribution in [3.8, 4) is 0 Å². The van der Waals surface area contributed by atoms with E-state index >= 15 is 0 Å². The lowest BCUT2D eigenvalue weighted by molar-refractivity contribution is -0.137. The monoisotopic (exact) mass is 422 g/mol. The minimum absolute atomic E-state index is 0.168. The predicted octanol–water partition coefficient (Wildman–Crippen LogP) is 1.97. The minimum atomic E-state index is -4.43. The lowest BCUT2D eigenvalue weighted by atomic mass is 10.2. The highest BCUT2D eigenvalue weighted by Crippen LogP contribution is 2.29. The molecule has 0 radical (unpaired) electrons. The summed E-state index contributed by atoms with van der Waals surface area (Å²) in [5.74, 6) is 0.417. The summed E-state index contributed by atoms with van der Waals surface area (Å²) in [4.78, 5) is 5.74. The summed E-state index contributed by atoms with van der Waals surface area (Å²) in [7, 11) is -3.62. The van der Waals surface area contributed by atoms with Crippen molar-refractivity contribution >= 4 is 16.0 Å². The first-order valence-corrected chi connectivity index (χ1v) is 10.7. The van der Waals surface area contributed by atoms with Crippen LogP contribution in [-0.4, -0.2) is 73.5 Å². The summed E-state index contributed by atoms with van der Waals surface area (Å²) in [6.45, 7) is 5.83. The molecule has 2 aliphatic rings. The first kappa shape index (κ1) is 21.3. The largest absolute Gasteiger partial charge is 0.417 e. The van der Waals surface area contributed by atoms with Gasteiger partial charge < -0.3 is 9.64 Å². The van der Waals surface area contributed by atoms with Gasteiger partial charge in [-0.3, -0.25) is 0 Å². The zero-order valence-electron chi connectivity index (χ0n) is 15.9. The Morgan fingerprint density at radius 2 is 1.71 bits per heavy atom. The van der Waals surface area contributed by atoms with Crippen molar-refractivity contribution in [1.82, 2.24) is 13.6 Å². The van der Waals surface area contributed by atoms with Crippen LogP contribution in [0.3, 0.4) is 0 Å². The van der Waals surface area contributed by atoms with Gasteiger partial charge in [-0.15, -0.1) is 0 Å². The lowest BCUT2D eigenvalue weighted by Crippen LogP contribution is -2.53. The average Bonchev–Trinajstić information content (AvgIpc) is 2.87. The highest BCUT2D eigenvalue weighted by molar-refractivity contribution is 7.86. The third kappa shape index (κ3) is 4.76. The molecule has 0 saturated carbocycles. The summed E-state index contributed by atoms with van der Waals surface area (Å²) in [6.07, 6.45) is -3.39. The first-order valence-electron chi connectivity index (χ1n) is 9.26. The third-order valence-electron chi connectivity index (χ3n) is 4.89. The molecule has 1 aromatic heterocycles. The normalized spacial score (nSPS) is 26.2. The fraction of sp³-hybridized carbons (Fsp3) is 0.706. The maximum atomic E-state index is 13.0. The van der Waals surface area contributed by atoms with Crippen molar-refractivity contribution in [2.24, 2.45) is 0 Å². The third-order valence-corrected chi connectivity index (χ3v) is 6.86. The Balaban J connectivity index is 1.67. The van der Waals surface area contributed by atoms with Gasteiger partial charge in [0.2, 0.25) is 0 Å². The predicted molar refractivity (Wildman–Crippen MR) is 98.1 cm³/mol. The van der Waals surface area contributed by atoms with Crippen LogP contribution in [0.1, 0.15) is 25.8 Å². The lowest BCUT2D eigenvalue weighted by Gasteiger charge is -2.37. The molecule has 0 aliphatic carbocycles. The van der Waals surface area contributed by atoms with Gasteiger partial charge in [-0.1, -0.05) is 0 Å². The summed E-state index contributed by atoms with van der Waals surface area (Å²) in [6, 6.07) is 2.33. The molecule has 0 spiro atoms. The van der Waals surface area contributed by atoms with Crippen LogP contribution >= 0.6 is 0 Å². The Morgan fingerprint density at radius 3 is 2.29 bits per heavy atom. The number of morpholine rings is 1. The second kappa shape index (κ2) is 8.13. The molecule has 0 amide bonds. The number of aromatic nitrogens is 1. The number of hydrogen-bond acceptors (Lipinski definition) is 5. The minimum Gasteiger partial charge on any atom is -0.373 e. The van der Waals surface area contributed by atoms with Crippen LogP contribution in [0.4, 0.5) is 19.0 Å². The Kier molecular flexibility index (Phi) is 6.18. The van der Waals surface area contributed by atoms with Crippen LogP contribution in [0.15, 0.2) is 18.3 Å². The van der Waals surface area contributed by atoms with E-state index in [9.17, 15) is 21.6 Å². The molecule has 7 nitrogen and oxygen atoms in total. The van der Waals surface area contributed by atoms with Gasteiger partial charge in [0.15, 0.2) is 0 Å². The van der Waals surface area contributed by atoms with E-state index in [1.165, 1.54) is 14.7 Å². The van der Waals surface area contributed by atoms with Crippen LogP contribution in [-0.2, 0) is 21.1 Å².